The van der Waals surface area contributed by atoms with Crippen molar-refractivity contribution in [3.63, 3.8) is 0 Å². The van der Waals surface area contributed by atoms with E-state index in [-0.39, 0.29) is 5.91 Å². The van der Waals surface area contributed by atoms with Gasteiger partial charge in [0.15, 0.2) is 0 Å². The molecule has 10 nitrogen and oxygen atoms in total. The normalized spacial score (nSPS) is 21.5. The number of aliphatic hydroxyl groups is 2. The van der Waals surface area contributed by atoms with E-state index in [0.29, 0.717) is 34.0 Å². The Hall–Kier alpha value is -4.22. The number of amides is 1. The maximum Gasteiger partial charge on any atom is 0.255 e. The zero-order valence-corrected chi connectivity index (χ0v) is 24.0. The van der Waals surface area contributed by atoms with Crippen LogP contribution in [-0.2, 0) is 9.47 Å². The first-order chi connectivity index (χ1) is 20.1. The number of hydrogen-bond donors (Lipinski definition) is 3. The number of nitrogens with zero attached hydrogens (tertiary/aromatic N) is 1. The fourth-order valence-corrected chi connectivity index (χ4v) is 5.15. The van der Waals surface area contributed by atoms with E-state index in [4.69, 9.17) is 23.7 Å². The molecule has 4 atom stereocenters. The van der Waals surface area contributed by atoms with Gasteiger partial charge in [-0.05, 0) is 67.9 Å². The molecule has 0 bridgehead atoms. The Labute approximate surface area is 243 Å². The summed E-state index contributed by atoms with van der Waals surface area (Å²) in [5.41, 5.74) is 2.29. The third kappa shape index (κ3) is 5.88. The van der Waals surface area contributed by atoms with Crippen molar-refractivity contribution in [2.45, 2.75) is 44.1 Å². The number of nitrogens with one attached hydrogen (secondary N) is 1. The number of carbonyl (C=O) groups excluding carboxylic acids is 1. The van der Waals surface area contributed by atoms with E-state index in [1.54, 1.807) is 76.7 Å². The zero-order valence-electron chi connectivity index (χ0n) is 24.0. The predicted molar refractivity (Wildman–Crippen MR) is 157 cm³/mol. The van der Waals surface area contributed by atoms with Crippen LogP contribution in [0.15, 0.2) is 72.9 Å². The SMILES string of the molecule is COc1cccc(-c2cc(C(=O)Nc3cnc4cc(O[C@@H]5OC(C)(C)[C@H](OC)[C@@H](O)[C@H]5O)ccc4c3)ccc2OC)c1. The Morgan fingerprint density at radius 2 is 1.74 bits per heavy atom. The summed E-state index contributed by atoms with van der Waals surface area (Å²) in [7, 11) is 4.64. The van der Waals surface area contributed by atoms with Crippen molar-refractivity contribution in [3.8, 4) is 28.4 Å². The molecule has 5 rings (SSSR count). The van der Waals surface area contributed by atoms with Gasteiger partial charge in [-0.3, -0.25) is 9.78 Å². The zero-order chi connectivity index (χ0) is 30.0. The van der Waals surface area contributed by atoms with Crippen LogP contribution in [0.3, 0.4) is 0 Å². The molecule has 1 saturated heterocycles. The van der Waals surface area contributed by atoms with Crippen molar-refractivity contribution in [1.29, 1.82) is 0 Å². The van der Waals surface area contributed by atoms with Crippen LogP contribution < -0.4 is 19.5 Å². The summed E-state index contributed by atoms with van der Waals surface area (Å²) in [4.78, 5) is 17.7. The standard InChI is InChI=1S/C32H34N2O8/c1-32(2)29(40-5)27(35)28(36)31(42-32)41-23-11-9-19-13-21(17-33-25(19)16-23)34-30(37)20-10-12-26(39-4)24(15-20)18-7-6-8-22(14-18)38-3/h6-17,27-29,31,35-36H,1-5H3,(H,34,37)/t27-,28+,29+,31+/m0/s1. The molecule has 220 valence electrons. The van der Waals surface area contributed by atoms with Crippen LogP contribution in [0.25, 0.3) is 22.0 Å². The monoisotopic (exact) mass is 574 g/mol. The second-order valence-corrected chi connectivity index (χ2v) is 10.5. The number of pyridine rings is 1. The highest BCUT2D eigenvalue weighted by Crippen LogP contribution is 2.35. The minimum Gasteiger partial charge on any atom is -0.497 e. The van der Waals surface area contributed by atoms with Gasteiger partial charge in [0, 0.05) is 29.7 Å². The van der Waals surface area contributed by atoms with Gasteiger partial charge in [-0.1, -0.05) is 12.1 Å². The summed E-state index contributed by atoms with van der Waals surface area (Å²) in [5.74, 6) is 1.43. The molecule has 42 heavy (non-hydrogen) atoms. The van der Waals surface area contributed by atoms with Gasteiger partial charge in [0.25, 0.3) is 5.91 Å². The van der Waals surface area contributed by atoms with Crippen LogP contribution in [0.4, 0.5) is 5.69 Å². The highest BCUT2D eigenvalue weighted by Gasteiger charge is 2.50. The van der Waals surface area contributed by atoms with Crippen LogP contribution in [0.1, 0.15) is 24.2 Å². The number of aliphatic hydroxyl groups excluding tert-OH is 2. The van der Waals surface area contributed by atoms with E-state index < -0.39 is 30.2 Å². The average Bonchev–Trinajstić information content (AvgIpc) is 2.99. The topological polar surface area (TPSA) is 129 Å². The van der Waals surface area contributed by atoms with E-state index in [1.807, 2.05) is 24.3 Å². The van der Waals surface area contributed by atoms with Crippen molar-refractivity contribution in [3.05, 3.63) is 78.5 Å². The highest BCUT2D eigenvalue weighted by atomic mass is 16.7. The lowest BCUT2D eigenvalue weighted by Gasteiger charge is -2.46. The molecule has 3 N–H and O–H groups in total. The van der Waals surface area contributed by atoms with Crippen LogP contribution >= 0.6 is 0 Å². The molecule has 1 aliphatic heterocycles. The summed E-state index contributed by atoms with van der Waals surface area (Å²) in [5, 5.41) is 24.7. The second-order valence-electron chi connectivity index (χ2n) is 10.5. The Balaban J connectivity index is 1.32. The molecule has 4 aromatic rings. The van der Waals surface area contributed by atoms with Crippen molar-refractivity contribution in [2.75, 3.05) is 26.6 Å². The molecule has 1 fully saturated rings. The summed E-state index contributed by atoms with van der Waals surface area (Å²) >= 11 is 0. The smallest absolute Gasteiger partial charge is 0.255 e. The summed E-state index contributed by atoms with van der Waals surface area (Å²) < 4.78 is 28.0. The number of benzene rings is 3. The number of ether oxygens (including phenoxy) is 5. The fraction of sp³-hybridized carbons (Fsp3) is 0.312. The first kappa shape index (κ1) is 29.3. The van der Waals surface area contributed by atoms with E-state index in [2.05, 4.69) is 10.3 Å². The molecular weight excluding hydrogens is 540 g/mol. The number of fused-ring (bicyclic) bond motifs is 1. The minimum atomic E-state index is -1.31. The lowest BCUT2D eigenvalue weighted by molar-refractivity contribution is -0.305. The third-order valence-corrected chi connectivity index (χ3v) is 7.31. The number of aromatic nitrogens is 1. The molecule has 3 aromatic carbocycles. The largest absolute Gasteiger partial charge is 0.497 e. The maximum absolute atomic E-state index is 13.2. The molecule has 1 amide bonds. The molecule has 0 radical (unpaired) electrons. The van der Waals surface area contributed by atoms with Gasteiger partial charge in [-0.2, -0.15) is 0 Å². The van der Waals surface area contributed by atoms with Gasteiger partial charge in [0.1, 0.15) is 35.6 Å². The molecule has 0 saturated carbocycles. The molecule has 0 aliphatic carbocycles. The molecule has 2 heterocycles. The van der Waals surface area contributed by atoms with Crippen molar-refractivity contribution in [1.82, 2.24) is 4.98 Å². The molecule has 1 aromatic heterocycles. The van der Waals surface area contributed by atoms with Gasteiger partial charge in [-0.25, -0.2) is 0 Å². The molecule has 1 aliphatic rings. The van der Waals surface area contributed by atoms with Crippen LogP contribution in [0.5, 0.6) is 17.2 Å². The lowest BCUT2D eigenvalue weighted by Crippen LogP contribution is -2.63. The van der Waals surface area contributed by atoms with E-state index in [9.17, 15) is 15.0 Å². The van der Waals surface area contributed by atoms with Gasteiger partial charge in [0.2, 0.25) is 6.29 Å². The van der Waals surface area contributed by atoms with Crippen molar-refractivity contribution >= 4 is 22.5 Å². The van der Waals surface area contributed by atoms with Gasteiger partial charge in [-0.15, -0.1) is 0 Å². The van der Waals surface area contributed by atoms with E-state index in [1.165, 1.54) is 7.11 Å². The van der Waals surface area contributed by atoms with Gasteiger partial charge < -0.3 is 39.2 Å². The summed E-state index contributed by atoms with van der Waals surface area (Å²) in [6.45, 7) is 3.52. The number of rotatable bonds is 8. The first-order valence-corrected chi connectivity index (χ1v) is 13.4. The lowest BCUT2D eigenvalue weighted by atomic mass is 9.89. The summed E-state index contributed by atoms with van der Waals surface area (Å²) in [6.07, 6.45) is -2.77. The van der Waals surface area contributed by atoms with Crippen molar-refractivity contribution < 1.29 is 38.7 Å². The maximum atomic E-state index is 13.2. The molecule has 0 unspecified atom stereocenters. The van der Waals surface area contributed by atoms with Gasteiger partial charge in [0.05, 0.1) is 37.2 Å². The first-order valence-electron chi connectivity index (χ1n) is 13.4. The molecular formula is C32H34N2O8. The van der Waals surface area contributed by atoms with Gasteiger partial charge >= 0.3 is 0 Å². The number of carbonyl (C=O) groups is 1. The average molecular weight is 575 g/mol. The number of hydrogen-bond acceptors (Lipinski definition) is 9. The number of methoxy groups -OCH3 is 3. The predicted octanol–water partition coefficient (Wildman–Crippen LogP) is 4.42. The Morgan fingerprint density at radius 3 is 2.48 bits per heavy atom. The number of anilines is 1. The van der Waals surface area contributed by atoms with E-state index >= 15 is 0 Å². The minimum absolute atomic E-state index is 0.304. The van der Waals surface area contributed by atoms with E-state index in [0.717, 1.165) is 16.5 Å². The molecule has 10 heteroatoms. The third-order valence-electron chi connectivity index (χ3n) is 7.31. The summed E-state index contributed by atoms with van der Waals surface area (Å²) in [6, 6.07) is 19.8. The fourth-order valence-electron chi connectivity index (χ4n) is 5.15. The Morgan fingerprint density at radius 1 is 0.929 bits per heavy atom. The highest BCUT2D eigenvalue weighted by molar-refractivity contribution is 6.06. The molecule has 0 spiro atoms. The van der Waals surface area contributed by atoms with Crippen LogP contribution in [-0.4, -0.2) is 72.6 Å². The van der Waals surface area contributed by atoms with Crippen LogP contribution in [0.2, 0.25) is 0 Å². The van der Waals surface area contributed by atoms with Crippen LogP contribution in [0, 0.1) is 0 Å². The Bertz CT molecular complexity index is 1590. The Kier molecular flexibility index (Phi) is 8.33. The quantitative estimate of drug-likeness (QED) is 0.280. The van der Waals surface area contributed by atoms with Crippen molar-refractivity contribution in [2.24, 2.45) is 0 Å². The second kappa shape index (κ2) is 11.9.